The van der Waals surface area contributed by atoms with E-state index in [1.54, 1.807) is 11.8 Å². The predicted octanol–water partition coefficient (Wildman–Crippen LogP) is 4.60. The molecule has 1 heterocycles. The topological polar surface area (TPSA) is 24.4 Å². The fraction of sp³-hybridized carbons (Fsp3) is 0.133. The van der Waals surface area contributed by atoms with Gasteiger partial charge in [0.15, 0.2) is 5.17 Å². The summed E-state index contributed by atoms with van der Waals surface area (Å²) < 4.78 is 0. The highest BCUT2D eigenvalue weighted by Gasteiger charge is 2.21. The smallest absolute Gasteiger partial charge is 0.161 e. The Morgan fingerprint density at radius 2 is 1.95 bits per heavy atom. The minimum atomic E-state index is 0.405. The number of thioether (sulfide) groups is 1. The number of halogens is 1. The maximum absolute atomic E-state index is 5.97. The first-order valence-electron chi connectivity index (χ1n) is 6.10. The number of aliphatic imine (C=N–C) groups is 1. The van der Waals surface area contributed by atoms with Crippen LogP contribution >= 0.6 is 23.4 Å². The molecule has 1 atom stereocenters. The summed E-state index contributed by atoms with van der Waals surface area (Å²) in [6.45, 7) is 0.817. The summed E-state index contributed by atoms with van der Waals surface area (Å²) in [5.74, 6) is 0. The van der Waals surface area contributed by atoms with Crippen molar-refractivity contribution >= 4 is 34.2 Å². The molecule has 0 saturated carbocycles. The van der Waals surface area contributed by atoms with Crippen LogP contribution in [0.15, 0.2) is 59.6 Å². The number of hydrogen-bond acceptors (Lipinski definition) is 3. The lowest BCUT2D eigenvalue weighted by atomic mass is 10.1. The second kappa shape index (κ2) is 5.68. The Morgan fingerprint density at radius 3 is 2.74 bits per heavy atom. The van der Waals surface area contributed by atoms with E-state index >= 15 is 0 Å². The molecule has 1 N–H and O–H groups in total. The summed E-state index contributed by atoms with van der Waals surface area (Å²) >= 11 is 7.73. The van der Waals surface area contributed by atoms with Crippen LogP contribution in [-0.2, 0) is 0 Å². The minimum Gasteiger partial charge on any atom is -0.335 e. The number of nitrogens with one attached hydrogen (secondary N) is 1. The first-order chi connectivity index (χ1) is 9.31. The Bertz CT molecular complexity index is 598. The molecule has 0 aliphatic carbocycles. The van der Waals surface area contributed by atoms with E-state index in [9.17, 15) is 0 Å². The van der Waals surface area contributed by atoms with Crippen LogP contribution in [0.25, 0.3) is 0 Å². The zero-order valence-corrected chi connectivity index (χ0v) is 11.8. The van der Waals surface area contributed by atoms with E-state index in [0.717, 1.165) is 22.4 Å². The van der Waals surface area contributed by atoms with Crippen LogP contribution in [0.3, 0.4) is 0 Å². The van der Waals surface area contributed by atoms with Crippen LogP contribution in [0.1, 0.15) is 10.8 Å². The van der Waals surface area contributed by atoms with Gasteiger partial charge >= 0.3 is 0 Å². The van der Waals surface area contributed by atoms with Crippen molar-refractivity contribution in [1.29, 1.82) is 0 Å². The van der Waals surface area contributed by atoms with E-state index in [1.165, 1.54) is 5.56 Å². The van der Waals surface area contributed by atoms with Gasteiger partial charge in [0.25, 0.3) is 0 Å². The highest BCUT2D eigenvalue weighted by molar-refractivity contribution is 8.14. The number of amidine groups is 1. The third-order valence-electron chi connectivity index (χ3n) is 2.90. The number of hydrogen-bond donors (Lipinski definition) is 1. The quantitative estimate of drug-likeness (QED) is 0.873. The van der Waals surface area contributed by atoms with Gasteiger partial charge in [0, 0.05) is 10.7 Å². The molecule has 2 aromatic carbocycles. The van der Waals surface area contributed by atoms with E-state index in [0.29, 0.717) is 5.25 Å². The van der Waals surface area contributed by atoms with Crippen molar-refractivity contribution in [2.75, 3.05) is 11.9 Å². The predicted molar refractivity (Wildman–Crippen MR) is 84.2 cm³/mol. The van der Waals surface area contributed by atoms with Crippen LogP contribution in [-0.4, -0.2) is 11.7 Å². The van der Waals surface area contributed by atoms with Crippen LogP contribution in [0, 0.1) is 0 Å². The monoisotopic (exact) mass is 288 g/mol. The van der Waals surface area contributed by atoms with E-state index in [-0.39, 0.29) is 0 Å². The summed E-state index contributed by atoms with van der Waals surface area (Å²) in [7, 11) is 0. The van der Waals surface area contributed by atoms with Crippen molar-refractivity contribution in [3.05, 3.63) is 65.2 Å². The molecule has 1 unspecified atom stereocenters. The highest BCUT2D eigenvalue weighted by atomic mass is 35.5. The molecule has 1 aliphatic rings. The lowest BCUT2D eigenvalue weighted by Crippen LogP contribution is -2.05. The van der Waals surface area contributed by atoms with Gasteiger partial charge < -0.3 is 5.32 Å². The van der Waals surface area contributed by atoms with Crippen molar-refractivity contribution in [1.82, 2.24) is 0 Å². The zero-order chi connectivity index (χ0) is 13.1. The summed E-state index contributed by atoms with van der Waals surface area (Å²) in [6, 6.07) is 18.2. The van der Waals surface area contributed by atoms with Crippen molar-refractivity contribution in [3.8, 4) is 0 Å². The maximum Gasteiger partial charge on any atom is 0.161 e. The van der Waals surface area contributed by atoms with E-state index < -0.39 is 0 Å². The first kappa shape index (κ1) is 12.6. The van der Waals surface area contributed by atoms with Gasteiger partial charge in [-0.3, -0.25) is 4.99 Å². The molecule has 2 nitrogen and oxygen atoms in total. The van der Waals surface area contributed by atoms with Gasteiger partial charge in [-0.25, -0.2) is 0 Å². The van der Waals surface area contributed by atoms with Gasteiger partial charge in [-0.1, -0.05) is 59.8 Å². The molecule has 0 spiro atoms. The number of benzene rings is 2. The molecule has 0 amide bonds. The van der Waals surface area contributed by atoms with E-state index in [4.69, 9.17) is 11.6 Å². The largest absolute Gasteiger partial charge is 0.335 e. The van der Waals surface area contributed by atoms with Crippen LogP contribution < -0.4 is 5.32 Å². The summed E-state index contributed by atoms with van der Waals surface area (Å²) in [5, 5.41) is 5.40. The van der Waals surface area contributed by atoms with Gasteiger partial charge in [0.2, 0.25) is 0 Å². The molecule has 0 fully saturated rings. The van der Waals surface area contributed by atoms with Gasteiger partial charge in [0.1, 0.15) is 0 Å². The van der Waals surface area contributed by atoms with Gasteiger partial charge in [-0.15, -0.1) is 0 Å². The Kier molecular flexibility index (Phi) is 3.76. The average Bonchev–Trinajstić information content (AvgIpc) is 2.88. The zero-order valence-electron chi connectivity index (χ0n) is 10.2. The summed E-state index contributed by atoms with van der Waals surface area (Å²) in [5.41, 5.74) is 2.30. The molecule has 0 aromatic heterocycles. The SMILES string of the molecule is Clc1cccc(NC2=NCC(c3ccccc3)S2)c1. The fourth-order valence-corrected chi connectivity index (χ4v) is 3.20. The number of rotatable bonds is 2. The van der Waals surface area contributed by atoms with Gasteiger partial charge in [-0.2, -0.15) is 0 Å². The normalized spacial score (nSPS) is 18.2. The van der Waals surface area contributed by atoms with E-state index in [1.807, 2.05) is 30.3 Å². The first-order valence-corrected chi connectivity index (χ1v) is 7.36. The standard InChI is InChI=1S/C15H13ClN2S/c16-12-7-4-8-13(9-12)18-15-17-10-14(19-15)11-5-2-1-3-6-11/h1-9,14H,10H2,(H,17,18). The third-order valence-corrected chi connectivity index (χ3v) is 4.30. The average molecular weight is 289 g/mol. The second-order valence-electron chi connectivity index (χ2n) is 4.30. The molecule has 2 aromatic rings. The molecule has 19 heavy (non-hydrogen) atoms. The second-order valence-corrected chi connectivity index (χ2v) is 5.93. The van der Waals surface area contributed by atoms with Crippen molar-refractivity contribution in [2.24, 2.45) is 4.99 Å². The van der Waals surface area contributed by atoms with Crippen molar-refractivity contribution in [3.63, 3.8) is 0 Å². The molecule has 3 rings (SSSR count). The maximum atomic E-state index is 5.97. The Hall–Kier alpha value is -1.45. The molecule has 0 bridgehead atoms. The molecular weight excluding hydrogens is 276 g/mol. The van der Waals surface area contributed by atoms with Crippen molar-refractivity contribution < 1.29 is 0 Å². The van der Waals surface area contributed by atoms with Crippen molar-refractivity contribution in [2.45, 2.75) is 5.25 Å². The molecule has 96 valence electrons. The fourth-order valence-electron chi connectivity index (χ4n) is 1.97. The van der Waals surface area contributed by atoms with E-state index in [2.05, 4.69) is 34.6 Å². The Balaban J connectivity index is 1.66. The van der Waals surface area contributed by atoms with Gasteiger partial charge in [-0.05, 0) is 23.8 Å². The lowest BCUT2D eigenvalue weighted by Gasteiger charge is -2.09. The lowest BCUT2D eigenvalue weighted by molar-refractivity contribution is 0.966. The van der Waals surface area contributed by atoms with Crippen LogP contribution in [0.4, 0.5) is 5.69 Å². The summed E-state index contributed by atoms with van der Waals surface area (Å²) in [6.07, 6.45) is 0. The van der Waals surface area contributed by atoms with Crippen LogP contribution in [0.2, 0.25) is 5.02 Å². The number of nitrogens with zero attached hydrogens (tertiary/aromatic N) is 1. The molecule has 0 radical (unpaired) electrons. The minimum absolute atomic E-state index is 0.405. The molecule has 0 saturated heterocycles. The highest BCUT2D eigenvalue weighted by Crippen LogP contribution is 2.35. The summed E-state index contributed by atoms with van der Waals surface area (Å²) in [4.78, 5) is 4.54. The number of anilines is 1. The Labute approximate surface area is 121 Å². The Morgan fingerprint density at radius 1 is 1.11 bits per heavy atom. The van der Waals surface area contributed by atoms with Gasteiger partial charge in [0.05, 0.1) is 11.8 Å². The molecule has 1 aliphatic heterocycles. The van der Waals surface area contributed by atoms with Crippen LogP contribution in [0.5, 0.6) is 0 Å². The third kappa shape index (κ3) is 3.11. The molecule has 4 heteroatoms. The molecular formula is C15H13ClN2S.